The summed E-state index contributed by atoms with van der Waals surface area (Å²) in [5, 5.41) is 9.60. The van der Waals surface area contributed by atoms with Crippen molar-refractivity contribution in [2.75, 3.05) is 0 Å². The highest BCUT2D eigenvalue weighted by atomic mass is 16.5. The smallest absolute Gasteiger partial charge is 0.152 e. The van der Waals surface area contributed by atoms with Crippen LogP contribution in [0.5, 0.6) is 11.5 Å². The van der Waals surface area contributed by atoms with Crippen molar-refractivity contribution in [1.29, 1.82) is 0 Å². The molecular formula is C60H35N3O2. The maximum absolute atomic E-state index is 6.50. The molecule has 4 aromatic heterocycles. The highest BCUT2D eigenvalue weighted by Crippen LogP contribution is 2.47. The lowest BCUT2D eigenvalue weighted by Crippen LogP contribution is -2.04. The first-order valence-corrected chi connectivity index (χ1v) is 22.2. The Balaban J connectivity index is 0.819. The van der Waals surface area contributed by atoms with Gasteiger partial charge in [-0.15, -0.1) is 0 Å². The van der Waals surface area contributed by atoms with E-state index in [1.807, 2.05) is 12.1 Å². The van der Waals surface area contributed by atoms with Crippen LogP contribution in [0, 0.1) is 0 Å². The van der Waals surface area contributed by atoms with Crippen molar-refractivity contribution in [3.05, 3.63) is 212 Å². The molecule has 0 N–H and O–H groups in total. The van der Waals surface area contributed by atoms with E-state index in [4.69, 9.17) is 9.15 Å². The van der Waals surface area contributed by atoms with Crippen LogP contribution in [0.4, 0.5) is 0 Å². The Morgan fingerprint density at radius 1 is 0.277 bits per heavy atom. The van der Waals surface area contributed by atoms with Gasteiger partial charge in [0.15, 0.2) is 11.5 Å². The predicted octanol–water partition coefficient (Wildman–Crippen LogP) is 16.3. The quantitative estimate of drug-likeness (QED) is 0.177. The largest absolute Gasteiger partial charge is 0.456 e. The molecule has 1 aliphatic rings. The summed E-state index contributed by atoms with van der Waals surface area (Å²) >= 11 is 0. The van der Waals surface area contributed by atoms with Crippen molar-refractivity contribution in [3.8, 4) is 50.8 Å². The molecule has 302 valence electrons. The third-order valence-electron chi connectivity index (χ3n) is 13.8. The Morgan fingerprint density at radius 3 is 1.49 bits per heavy atom. The van der Waals surface area contributed by atoms with Crippen molar-refractivity contribution < 1.29 is 9.15 Å². The molecule has 0 saturated heterocycles. The van der Waals surface area contributed by atoms with Gasteiger partial charge in [0.05, 0.1) is 38.8 Å². The molecule has 15 rings (SSSR count). The second-order valence-electron chi connectivity index (χ2n) is 17.3. The molecule has 5 heterocycles. The van der Waals surface area contributed by atoms with Crippen molar-refractivity contribution in [2.24, 2.45) is 0 Å². The molecule has 0 aliphatic carbocycles. The summed E-state index contributed by atoms with van der Waals surface area (Å²) in [5.74, 6) is 1.75. The van der Waals surface area contributed by atoms with Crippen LogP contribution in [0.3, 0.4) is 0 Å². The van der Waals surface area contributed by atoms with E-state index in [-0.39, 0.29) is 0 Å². The number of para-hydroxylation sites is 5. The SMILES string of the molecule is c1ccc2c(c1)oc1ccc(-n3c4ccccc4c4cc(-c5ccc6c(c5)c5ccccc5n6-c5ccc(-c6ccc7c(c6)-n6c8ccccc8c8cccc(c86)O7)cc5)ccc43)cc12. The summed E-state index contributed by atoms with van der Waals surface area (Å²) in [6.07, 6.45) is 0. The van der Waals surface area contributed by atoms with Gasteiger partial charge in [-0.2, -0.15) is 0 Å². The van der Waals surface area contributed by atoms with Crippen LogP contribution in [0.15, 0.2) is 217 Å². The van der Waals surface area contributed by atoms with Crippen molar-refractivity contribution in [3.63, 3.8) is 0 Å². The zero-order chi connectivity index (χ0) is 42.3. The molecule has 0 amide bonds. The number of hydrogen-bond acceptors (Lipinski definition) is 2. The summed E-state index contributed by atoms with van der Waals surface area (Å²) in [5.41, 5.74) is 16.8. The number of rotatable bonds is 4. The lowest BCUT2D eigenvalue weighted by molar-refractivity contribution is 0.476. The van der Waals surface area contributed by atoms with Crippen LogP contribution in [0.25, 0.3) is 127 Å². The zero-order valence-corrected chi connectivity index (χ0v) is 34.9. The van der Waals surface area contributed by atoms with E-state index in [9.17, 15) is 0 Å². The molecule has 5 nitrogen and oxygen atoms in total. The van der Waals surface area contributed by atoms with Crippen molar-refractivity contribution >= 4 is 87.4 Å². The summed E-state index contributed by atoms with van der Waals surface area (Å²) in [6, 6.07) is 76.7. The average Bonchev–Trinajstić information content (AvgIpc) is 4.11. The number of hydrogen-bond donors (Lipinski definition) is 0. The molecule has 0 bridgehead atoms. The summed E-state index contributed by atoms with van der Waals surface area (Å²) in [6.45, 7) is 0. The Kier molecular flexibility index (Phi) is 6.89. The topological polar surface area (TPSA) is 37.2 Å². The van der Waals surface area contributed by atoms with Gasteiger partial charge in [0.1, 0.15) is 11.2 Å². The lowest BCUT2D eigenvalue weighted by Gasteiger charge is -2.21. The third-order valence-corrected chi connectivity index (χ3v) is 13.8. The van der Waals surface area contributed by atoms with Gasteiger partial charge in [-0.1, -0.05) is 115 Å². The molecule has 0 saturated carbocycles. The Bertz CT molecular complexity index is 4330. The van der Waals surface area contributed by atoms with Gasteiger partial charge in [0.25, 0.3) is 0 Å². The summed E-state index contributed by atoms with van der Waals surface area (Å²) < 4.78 is 19.8. The normalized spacial score (nSPS) is 12.4. The molecule has 10 aromatic carbocycles. The van der Waals surface area contributed by atoms with E-state index in [2.05, 4.69) is 214 Å². The van der Waals surface area contributed by atoms with Crippen LogP contribution >= 0.6 is 0 Å². The molecule has 0 unspecified atom stereocenters. The number of aromatic nitrogens is 3. The van der Waals surface area contributed by atoms with E-state index in [1.54, 1.807) is 0 Å². The second kappa shape index (κ2) is 12.9. The Hall–Kier alpha value is -8.80. The average molecular weight is 830 g/mol. The molecule has 14 aromatic rings. The van der Waals surface area contributed by atoms with Crippen LogP contribution in [-0.2, 0) is 0 Å². The first-order chi connectivity index (χ1) is 32.2. The van der Waals surface area contributed by atoms with E-state index in [1.165, 1.54) is 71.0 Å². The van der Waals surface area contributed by atoms with Crippen LogP contribution in [0.1, 0.15) is 0 Å². The molecule has 5 heteroatoms. The monoisotopic (exact) mass is 829 g/mol. The second-order valence-corrected chi connectivity index (χ2v) is 17.3. The van der Waals surface area contributed by atoms with Gasteiger partial charge in [0.2, 0.25) is 0 Å². The highest BCUT2D eigenvalue weighted by Gasteiger charge is 2.24. The first kappa shape index (κ1) is 34.7. The maximum atomic E-state index is 6.50. The van der Waals surface area contributed by atoms with Gasteiger partial charge >= 0.3 is 0 Å². The van der Waals surface area contributed by atoms with Gasteiger partial charge in [-0.3, -0.25) is 0 Å². The standard InChI is InChI=1S/C60H35N3O2/c1-7-17-52-42(10-1)46-14-9-19-59-60(46)63(52)55-34-39(24-30-58(55)65-59)36-20-25-40(26-21-36)61-50-15-5-2-11-43(50)47-32-37(22-28-53(47)61)38-23-29-54-48(33-38)44-12-3-6-16-51(44)62(54)41-27-31-57-49(35-41)45-13-4-8-18-56(45)64-57/h1-35H. The summed E-state index contributed by atoms with van der Waals surface area (Å²) in [4.78, 5) is 0. The minimum Gasteiger partial charge on any atom is -0.456 e. The number of fused-ring (bicyclic) bond motifs is 14. The van der Waals surface area contributed by atoms with E-state index in [0.717, 1.165) is 67.1 Å². The molecule has 65 heavy (non-hydrogen) atoms. The van der Waals surface area contributed by atoms with E-state index >= 15 is 0 Å². The minimum atomic E-state index is 0.862. The minimum absolute atomic E-state index is 0.862. The molecule has 0 atom stereocenters. The first-order valence-electron chi connectivity index (χ1n) is 22.2. The van der Waals surface area contributed by atoms with Gasteiger partial charge in [-0.05, 0) is 119 Å². The lowest BCUT2D eigenvalue weighted by atomic mass is 10.0. The van der Waals surface area contributed by atoms with E-state index in [0.29, 0.717) is 0 Å². The molecule has 1 aliphatic heterocycles. The fourth-order valence-corrected chi connectivity index (χ4v) is 10.9. The van der Waals surface area contributed by atoms with Crippen molar-refractivity contribution in [2.45, 2.75) is 0 Å². The third kappa shape index (κ3) is 4.87. The van der Waals surface area contributed by atoms with Crippen LogP contribution < -0.4 is 4.74 Å². The maximum Gasteiger partial charge on any atom is 0.152 e. The Morgan fingerprint density at radius 2 is 0.785 bits per heavy atom. The van der Waals surface area contributed by atoms with Crippen molar-refractivity contribution in [1.82, 2.24) is 13.7 Å². The van der Waals surface area contributed by atoms with E-state index < -0.39 is 0 Å². The Labute approximate surface area is 371 Å². The van der Waals surface area contributed by atoms with Crippen LogP contribution in [0.2, 0.25) is 0 Å². The van der Waals surface area contributed by atoms with Gasteiger partial charge < -0.3 is 22.9 Å². The molecule has 0 fully saturated rings. The number of benzene rings is 10. The predicted molar refractivity (Wildman–Crippen MR) is 268 cm³/mol. The van der Waals surface area contributed by atoms with Gasteiger partial charge in [0, 0.05) is 54.5 Å². The number of ether oxygens (including phenoxy) is 1. The van der Waals surface area contributed by atoms with Gasteiger partial charge in [-0.25, -0.2) is 0 Å². The van der Waals surface area contributed by atoms with Crippen LogP contribution in [-0.4, -0.2) is 13.7 Å². The molecular weight excluding hydrogens is 795 g/mol. The summed E-state index contributed by atoms with van der Waals surface area (Å²) in [7, 11) is 0. The molecule has 0 spiro atoms. The number of furan rings is 1. The zero-order valence-electron chi connectivity index (χ0n) is 34.9. The molecule has 0 radical (unpaired) electrons. The highest BCUT2D eigenvalue weighted by molar-refractivity contribution is 6.14. The fourth-order valence-electron chi connectivity index (χ4n) is 10.9. The fraction of sp³-hybridized carbons (Fsp3) is 0. The number of nitrogens with zero attached hydrogens (tertiary/aromatic N) is 3.